The zero-order chi connectivity index (χ0) is 14.9. The van der Waals surface area contributed by atoms with E-state index in [9.17, 15) is 0 Å². The molecular formula is C16H22N4O. The van der Waals surface area contributed by atoms with Crippen LogP contribution in [0.15, 0.2) is 30.3 Å². The molecule has 1 saturated heterocycles. The van der Waals surface area contributed by atoms with E-state index in [0.29, 0.717) is 0 Å². The first-order valence-electron chi connectivity index (χ1n) is 7.37. The molecule has 0 N–H and O–H groups in total. The highest BCUT2D eigenvalue weighted by atomic mass is 16.5. The lowest BCUT2D eigenvalue weighted by Gasteiger charge is -2.38. The second-order valence-corrected chi connectivity index (χ2v) is 6.15. The topological polar surface area (TPSA) is 43.2 Å². The van der Waals surface area contributed by atoms with E-state index in [1.54, 1.807) is 0 Å². The van der Waals surface area contributed by atoms with Crippen molar-refractivity contribution in [1.29, 1.82) is 0 Å². The molecule has 0 saturated carbocycles. The van der Waals surface area contributed by atoms with Crippen molar-refractivity contribution >= 4 is 0 Å². The first kappa shape index (κ1) is 14.2. The Morgan fingerprint density at radius 2 is 2.00 bits per heavy atom. The van der Waals surface area contributed by atoms with Gasteiger partial charge in [0.1, 0.15) is 5.82 Å². The van der Waals surface area contributed by atoms with Crippen LogP contribution in [0, 0.1) is 6.92 Å². The number of nitrogens with zero attached hydrogens (tertiary/aromatic N) is 4. The molecule has 0 radical (unpaired) electrons. The summed E-state index contributed by atoms with van der Waals surface area (Å²) in [5.41, 5.74) is 1.01. The third kappa shape index (κ3) is 3.31. The van der Waals surface area contributed by atoms with Crippen LogP contribution in [0.2, 0.25) is 0 Å². The summed E-state index contributed by atoms with van der Waals surface area (Å²) in [7, 11) is 0. The Kier molecular flexibility index (Phi) is 3.78. The van der Waals surface area contributed by atoms with Gasteiger partial charge in [-0.2, -0.15) is 5.10 Å². The van der Waals surface area contributed by atoms with Crippen molar-refractivity contribution in [3.05, 3.63) is 36.2 Å². The van der Waals surface area contributed by atoms with E-state index in [4.69, 9.17) is 4.74 Å². The number of rotatable bonds is 3. The maximum Gasteiger partial charge on any atom is 0.159 e. The molecule has 112 valence electrons. The lowest BCUT2D eigenvalue weighted by atomic mass is 10.1. The first-order chi connectivity index (χ1) is 10.0. The molecule has 2 aromatic rings. The molecule has 5 nitrogen and oxygen atoms in total. The summed E-state index contributed by atoms with van der Waals surface area (Å²) in [6, 6.07) is 10.2. The lowest BCUT2D eigenvalue weighted by molar-refractivity contribution is -0.0944. The van der Waals surface area contributed by atoms with Crippen LogP contribution in [-0.4, -0.2) is 45.0 Å². The van der Waals surface area contributed by atoms with E-state index in [1.165, 1.54) is 0 Å². The Labute approximate surface area is 125 Å². The van der Waals surface area contributed by atoms with Crippen LogP contribution in [0.25, 0.3) is 11.4 Å². The fraction of sp³-hybridized carbons (Fsp3) is 0.500. The van der Waals surface area contributed by atoms with Crippen molar-refractivity contribution < 1.29 is 4.74 Å². The summed E-state index contributed by atoms with van der Waals surface area (Å²) in [5.74, 6) is 1.73. The minimum absolute atomic E-state index is 0.0964. The van der Waals surface area contributed by atoms with E-state index in [0.717, 1.165) is 43.6 Å². The zero-order valence-corrected chi connectivity index (χ0v) is 12.9. The van der Waals surface area contributed by atoms with Gasteiger partial charge in [-0.25, -0.2) is 9.67 Å². The number of morpholine rings is 1. The number of ether oxygens (including phenoxy) is 1. The SMILES string of the molecule is Cc1nc(-c2ccccc2)n(CN2CCOC(C)(C)C2)n1. The summed E-state index contributed by atoms with van der Waals surface area (Å²) >= 11 is 0. The summed E-state index contributed by atoms with van der Waals surface area (Å²) in [6.45, 7) is 9.54. The largest absolute Gasteiger partial charge is 0.373 e. The first-order valence-corrected chi connectivity index (χ1v) is 7.37. The summed E-state index contributed by atoms with van der Waals surface area (Å²) in [6.07, 6.45) is 0. The van der Waals surface area contributed by atoms with Crippen molar-refractivity contribution in [2.75, 3.05) is 19.7 Å². The Morgan fingerprint density at radius 1 is 1.24 bits per heavy atom. The third-order valence-corrected chi connectivity index (χ3v) is 3.65. The minimum atomic E-state index is -0.0964. The molecule has 0 spiro atoms. The molecule has 1 fully saturated rings. The van der Waals surface area contributed by atoms with E-state index >= 15 is 0 Å². The normalized spacial score (nSPS) is 18.8. The molecular weight excluding hydrogens is 264 g/mol. The third-order valence-electron chi connectivity index (χ3n) is 3.65. The summed E-state index contributed by atoms with van der Waals surface area (Å²) in [4.78, 5) is 6.94. The molecule has 1 aromatic carbocycles. The second-order valence-electron chi connectivity index (χ2n) is 6.15. The van der Waals surface area contributed by atoms with Crippen LogP contribution in [0.5, 0.6) is 0 Å². The predicted octanol–water partition coefficient (Wildman–Crippen LogP) is 2.32. The molecule has 5 heteroatoms. The number of benzene rings is 1. The van der Waals surface area contributed by atoms with Crippen molar-refractivity contribution in [2.24, 2.45) is 0 Å². The molecule has 0 atom stereocenters. The van der Waals surface area contributed by atoms with Crippen LogP contribution >= 0.6 is 0 Å². The Morgan fingerprint density at radius 3 is 2.71 bits per heavy atom. The Hall–Kier alpha value is -1.72. The molecule has 0 bridgehead atoms. The van der Waals surface area contributed by atoms with Gasteiger partial charge in [0.25, 0.3) is 0 Å². The number of hydrogen-bond acceptors (Lipinski definition) is 4. The quantitative estimate of drug-likeness (QED) is 0.868. The molecule has 3 rings (SSSR count). The van der Waals surface area contributed by atoms with E-state index in [1.807, 2.05) is 29.8 Å². The average Bonchev–Trinajstić information content (AvgIpc) is 2.79. The molecule has 0 amide bonds. The highest BCUT2D eigenvalue weighted by molar-refractivity contribution is 5.54. The van der Waals surface area contributed by atoms with Crippen LogP contribution in [-0.2, 0) is 11.4 Å². The van der Waals surface area contributed by atoms with Crippen LogP contribution in [0.1, 0.15) is 19.7 Å². The predicted molar refractivity (Wildman–Crippen MR) is 81.8 cm³/mol. The fourth-order valence-electron chi connectivity index (χ4n) is 2.78. The standard InChI is InChI=1S/C16H22N4O/c1-13-17-15(14-7-5-4-6-8-14)20(18-13)12-19-9-10-21-16(2,3)11-19/h4-8H,9-12H2,1-3H3. The number of aryl methyl sites for hydroxylation is 1. The summed E-state index contributed by atoms with van der Waals surface area (Å²) in [5, 5.41) is 4.55. The van der Waals surface area contributed by atoms with E-state index < -0.39 is 0 Å². The van der Waals surface area contributed by atoms with Gasteiger partial charge >= 0.3 is 0 Å². The van der Waals surface area contributed by atoms with Crippen LogP contribution in [0.3, 0.4) is 0 Å². The lowest BCUT2D eigenvalue weighted by Crippen LogP contribution is -2.48. The number of hydrogen-bond donors (Lipinski definition) is 0. The molecule has 0 aliphatic carbocycles. The van der Waals surface area contributed by atoms with E-state index in [2.05, 4.69) is 41.0 Å². The molecule has 1 aromatic heterocycles. The van der Waals surface area contributed by atoms with Gasteiger partial charge in [0.05, 0.1) is 18.9 Å². The monoisotopic (exact) mass is 286 g/mol. The van der Waals surface area contributed by atoms with Gasteiger partial charge < -0.3 is 4.74 Å². The fourth-order valence-corrected chi connectivity index (χ4v) is 2.78. The highest BCUT2D eigenvalue weighted by Gasteiger charge is 2.27. The molecule has 2 heterocycles. The zero-order valence-electron chi connectivity index (χ0n) is 12.9. The maximum atomic E-state index is 5.77. The smallest absolute Gasteiger partial charge is 0.159 e. The van der Waals surface area contributed by atoms with Gasteiger partial charge in [0.15, 0.2) is 5.82 Å². The molecule has 21 heavy (non-hydrogen) atoms. The van der Waals surface area contributed by atoms with Crippen molar-refractivity contribution in [1.82, 2.24) is 19.7 Å². The second kappa shape index (κ2) is 5.58. The van der Waals surface area contributed by atoms with Gasteiger partial charge in [0, 0.05) is 18.7 Å². The molecule has 1 aliphatic rings. The van der Waals surface area contributed by atoms with E-state index in [-0.39, 0.29) is 5.60 Å². The van der Waals surface area contributed by atoms with Gasteiger partial charge in [-0.05, 0) is 20.8 Å². The van der Waals surface area contributed by atoms with Crippen molar-refractivity contribution in [2.45, 2.75) is 33.0 Å². The van der Waals surface area contributed by atoms with Crippen molar-refractivity contribution in [3.8, 4) is 11.4 Å². The maximum absolute atomic E-state index is 5.77. The van der Waals surface area contributed by atoms with Gasteiger partial charge in [-0.3, -0.25) is 4.90 Å². The minimum Gasteiger partial charge on any atom is -0.373 e. The van der Waals surface area contributed by atoms with Crippen molar-refractivity contribution in [3.63, 3.8) is 0 Å². The summed E-state index contributed by atoms with van der Waals surface area (Å²) < 4.78 is 7.76. The van der Waals surface area contributed by atoms with Gasteiger partial charge in [-0.1, -0.05) is 30.3 Å². The Bertz CT molecular complexity index is 606. The van der Waals surface area contributed by atoms with Crippen LogP contribution < -0.4 is 0 Å². The average molecular weight is 286 g/mol. The van der Waals surface area contributed by atoms with Gasteiger partial charge in [-0.15, -0.1) is 0 Å². The number of aromatic nitrogens is 3. The molecule has 0 unspecified atom stereocenters. The molecule has 1 aliphatic heterocycles. The van der Waals surface area contributed by atoms with Gasteiger partial charge in [0.2, 0.25) is 0 Å². The highest BCUT2D eigenvalue weighted by Crippen LogP contribution is 2.20. The van der Waals surface area contributed by atoms with Crippen LogP contribution in [0.4, 0.5) is 0 Å². The Balaban J connectivity index is 1.83.